The van der Waals surface area contributed by atoms with E-state index < -0.39 is 0 Å². The number of hydrogen-bond donors (Lipinski definition) is 1. The molecule has 2 saturated heterocycles. The zero-order chi connectivity index (χ0) is 13.5. The Bertz CT molecular complexity index is 522. The van der Waals surface area contributed by atoms with Crippen LogP contribution in [0.2, 0.25) is 0 Å². The number of aromatic nitrogens is 1. The molecule has 2 unspecified atom stereocenters. The third-order valence-electron chi connectivity index (χ3n) is 3.68. The van der Waals surface area contributed by atoms with Crippen LogP contribution in [-0.2, 0) is 9.59 Å². The summed E-state index contributed by atoms with van der Waals surface area (Å²) in [7, 11) is 0. The summed E-state index contributed by atoms with van der Waals surface area (Å²) in [4.78, 5) is 29.8. The number of rotatable bonds is 2. The molecule has 2 aliphatic rings. The zero-order valence-corrected chi connectivity index (χ0v) is 11.4. The second kappa shape index (κ2) is 4.52. The van der Waals surface area contributed by atoms with Crippen LogP contribution in [0.1, 0.15) is 19.8 Å². The summed E-state index contributed by atoms with van der Waals surface area (Å²) in [5.41, 5.74) is 0.665. The number of amides is 2. The van der Waals surface area contributed by atoms with Gasteiger partial charge >= 0.3 is 0 Å². The molecule has 2 amide bonds. The molecule has 5 nitrogen and oxygen atoms in total. The van der Waals surface area contributed by atoms with E-state index in [2.05, 4.69) is 10.3 Å². The largest absolute Gasteiger partial charge is 0.323 e. The van der Waals surface area contributed by atoms with Crippen LogP contribution in [-0.4, -0.2) is 38.4 Å². The fourth-order valence-corrected chi connectivity index (χ4v) is 4.11. The van der Waals surface area contributed by atoms with E-state index in [1.165, 1.54) is 0 Å². The third kappa shape index (κ3) is 2.10. The molecule has 2 fully saturated rings. The van der Waals surface area contributed by atoms with E-state index in [-0.39, 0.29) is 22.7 Å². The van der Waals surface area contributed by atoms with E-state index in [1.54, 1.807) is 41.2 Å². The molecule has 1 aromatic rings. The zero-order valence-electron chi connectivity index (χ0n) is 10.6. The number of hydrogen-bond acceptors (Lipinski definition) is 4. The fraction of sp³-hybridized carbons (Fsp3) is 0.462. The minimum Gasteiger partial charge on any atom is -0.323 e. The lowest BCUT2D eigenvalue weighted by Gasteiger charge is -2.29. The van der Waals surface area contributed by atoms with Crippen molar-refractivity contribution in [2.24, 2.45) is 0 Å². The van der Waals surface area contributed by atoms with E-state index in [9.17, 15) is 9.59 Å². The van der Waals surface area contributed by atoms with Gasteiger partial charge in [-0.3, -0.25) is 14.6 Å². The molecule has 2 aliphatic heterocycles. The Labute approximate surface area is 115 Å². The van der Waals surface area contributed by atoms with Crippen LogP contribution in [0.4, 0.5) is 5.69 Å². The predicted octanol–water partition coefficient (Wildman–Crippen LogP) is 1.47. The van der Waals surface area contributed by atoms with Crippen LogP contribution in [0.15, 0.2) is 24.5 Å². The molecule has 1 aromatic heterocycles. The monoisotopic (exact) mass is 277 g/mol. The van der Waals surface area contributed by atoms with E-state index in [0.29, 0.717) is 17.9 Å². The van der Waals surface area contributed by atoms with Crippen molar-refractivity contribution in [3.8, 4) is 0 Å². The van der Waals surface area contributed by atoms with Crippen molar-refractivity contribution in [1.29, 1.82) is 0 Å². The van der Waals surface area contributed by atoms with Gasteiger partial charge in [0, 0.05) is 18.4 Å². The smallest absolute Gasteiger partial charge is 0.248 e. The summed E-state index contributed by atoms with van der Waals surface area (Å²) >= 11 is 1.69. The van der Waals surface area contributed by atoms with Crippen molar-refractivity contribution in [1.82, 2.24) is 9.88 Å². The minimum atomic E-state index is -0.370. The third-order valence-corrected chi connectivity index (χ3v) is 5.18. The highest BCUT2D eigenvalue weighted by molar-refractivity contribution is 8.01. The second-order valence-electron chi connectivity index (χ2n) is 5.00. The second-order valence-corrected chi connectivity index (χ2v) is 6.50. The first-order valence-corrected chi connectivity index (χ1v) is 7.26. The van der Waals surface area contributed by atoms with Gasteiger partial charge in [0.15, 0.2) is 0 Å². The molecule has 6 heteroatoms. The number of carbonyl (C=O) groups excluding carboxylic acids is 2. The molecule has 19 heavy (non-hydrogen) atoms. The molecule has 0 radical (unpaired) electrons. The topological polar surface area (TPSA) is 62.3 Å². The average Bonchev–Trinajstić information content (AvgIpc) is 2.88. The van der Waals surface area contributed by atoms with Gasteiger partial charge in [-0.05, 0) is 25.5 Å². The van der Waals surface area contributed by atoms with Gasteiger partial charge in [0.25, 0.3) is 0 Å². The fourth-order valence-electron chi connectivity index (χ4n) is 2.68. The summed E-state index contributed by atoms with van der Waals surface area (Å²) in [5.74, 6) is 0.618. The van der Waals surface area contributed by atoms with Crippen molar-refractivity contribution in [2.45, 2.75) is 30.7 Å². The summed E-state index contributed by atoms with van der Waals surface area (Å²) in [6.07, 6.45) is 4.63. The van der Waals surface area contributed by atoms with Crippen molar-refractivity contribution in [3.05, 3.63) is 24.5 Å². The van der Waals surface area contributed by atoms with Crippen molar-refractivity contribution in [2.75, 3.05) is 11.1 Å². The highest BCUT2D eigenvalue weighted by Crippen LogP contribution is 2.47. The Morgan fingerprint density at radius 1 is 1.63 bits per heavy atom. The Hall–Kier alpha value is -1.56. The van der Waals surface area contributed by atoms with Gasteiger partial charge in [-0.25, -0.2) is 0 Å². The van der Waals surface area contributed by atoms with Crippen LogP contribution >= 0.6 is 11.8 Å². The van der Waals surface area contributed by atoms with Gasteiger partial charge < -0.3 is 10.2 Å². The average molecular weight is 277 g/mol. The Morgan fingerprint density at radius 3 is 3.21 bits per heavy atom. The molecule has 0 aromatic carbocycles. The minimum absolute atomic E-state index is 0.0823. The van der Waals surface area contributed by atoms with E-state index in [4.69, 9.17) is 0 Å². The van der Waals surface area contributed by atoms with Crippen molar-refractivity contribution in [3.63, 3.8) is 0 Å². The number of nitrogens with one attached hydrogen (secondary N) is 1. The molecule has 0 saturated carbocycles. The van der Waals surface area contributed by atoms with E-state index in [1.807, 2.05) is 6.92 Å². The molecular formula is C13H15N3O2S. The van der Waals surface area contributed by atoms with Gasteiger partial charge in [0.1, 0.15) is 6.04 Å². The highest BCUT2D eigenvalue weighted by atomic mass is 32.2. The number of anilines is 1. The maximum absolute atomic E-state index is 12.3. The lowest BCUT2D eigenvalue weighted by molar-refractivity contribution is -0.135. The van der Waals surface area contributed by atoms with E-state index in [0.717, 1.165) is 6.42 Å². The van der Waals surface area contributed by atoms with Gasteiger partial charge in [-0.2, -0.15) is 0 Å². The molecule has 3 heterocycles. The molecule has 100 valence electrons. The molecule has 0 aliphatic carbocycles. The molecule has 0 spiro atoms. The number of thioether (sulfide) groups is 1. The van der Waals surface area contributed by atoms with Crippen LogP contribution in [0.5, 0.6) is 0 Å². The highest BCUT2D eigenvalue weighted by Gasteiger charge is 2.52. The molecule has 2 atom stereocenters. The molecular weight excluding hydrogens is 262 g/mol. The van der Waals surface area contributed by atoms with Crippen LogP contribution in [0, 0.1) is 0 Å². The number of nitrogens with zero attached hydrogens (tertiary/aromatic N) is 2. The molecule has 3 rings (SSSR count). The quantitative estimate of drug-likeness (QED) is 0.889. The first kappa shape index (κ1) is 12.5. The maximum atomic E-state index is 12.3. The van der Waals surface area contributed by atoms with Gasteiger partial charge in [0.05, 0.1) is 16.8 Å². The van der Waals surface area contributed by atoms with Crippen molar-refractivity contribution < 1.29 is 9.59 Å². The first-order valence-electron chi connectivity index (χ1n) is 6.27. The SMILES string of the molecule is CC12CCC(=O)N1C(C(=O)Nc1cccnc1)CS2. The number of fused-ring (bicyclic) bond motifs is 1. The van der Waals surface area contributed by atoms with E-state index >= 15 is 0 Å². The lowest BCUT2D eigenvalue weighted by atomic mass is 10.2. The Balaban J connectivity index is 1.76. The van der Waals surface area contributed by atoms with Gasteiger partial charge in [-0.15, -0.1) is 11.8 Å². The normalized spacial score (nSPS) is 29.4. The van der Waals surface area contributed by atoms with Crippen LogP contribution in [0.25, 0.3) is 0 Å². The lowest BCUT2D eigenvalue weighted by Crippen LogP contribution is -2.48. The summed E-state index contributed by atoms with van der Waals surface area (Å²) in [6.45, 7) is 2.04. The Kier molecular flexibility index (Phi) is 2.97. The van der Waals surface area contributed by atoms with Gasteiger partial charge in [-0.1, -0.05) is 0 Å². The maximum Gasteiger partial charge on any atom is 0.248 e. The number of carbonyl (C=O) groups is 2. The first-order chi connectivity index (χ1) is 9.10. The molecule has 0 bridgehead atoms. The summed E-state index contributed by atoms with van der Waals surface area (Å²) < 4.78 is 0. The Morgan fingerprint density at radius 2 is 2.47 bits per heavy atom. The predicted molar refractivity (Wildman–Crippen MR) is 73.6 cm³/mol. The molecule has 1 N–H and O–H groups in total. The van der Waals surface area contributed by atoms with Crippen LogP contribution < -0.4 is 5.32 Å². The summed E-state index contributed by atoms with van der Waals surface area (Å²) in [5, 5.41) is 2.83. The van der Waals surface area contributed by atoms with Crippen molar-refractivity contribution >= 4 is 29.3 Å². The standard InChI is InChI=1S/C13H15N3O2S/c1-13-5-4-11(17)16(13)10(8-19-13)12(18)15-9-3-2-6-14-7-9/h2-3,6-7,10H,4-5,8H2,1H3,(H,15,18). The summed E-state index contributed by atoms with van der Waals surface area (Å²) in [6, 6.07) is 3.19. The van der Waals surface area contributed by atoms with Gasteiger partial charge in [0.2, 0.25) is 11.8 Å². The number of pyridine rings is 1. The van der Waals surface area contributed by atoms with Crippen LogP contribution in [0.3, 0.4) is 0 Å².